The average molecular weight is 456 g/mol. The monoisotopic (exact) mass is 455 g/mol. The number of aliphatic hydroxyl groups excluding tert-OH is 1. The molecule has 0 unspecified atom stereocenters. The van der Waals surface area contributed by atoms with Crippen LogP contribution < -0.4 is 10.0 Å². The Labute approximate surface area is 182 Å². The summed E-state index contributed by atoms with van der Waals surface area (Å²) in [5.74, 6) is -0.696. The maximum atomic E-state index is 13.1. The summed E-state index contributed by atoms with van der Waals surface area (Å²) in [7, 11) is -3.93. The van der Waals surface area contributed by atoms with Gasteiger partial charge >= 0.3 is 0 Å². The molecule has 2 aliphatic rings. The van der Waals surface area contributed by atoms with E-state index in [-0.39, 0.29) is 17.2 Å². The summed E-state index contributed by atoms with van der Waals surface area (Å²) in [5.41, 5.74) is 0. The van der Waals surface area contributed by atoms with Crippen LogP contribution in [0.15, 0.2) is 41.3 Å². The van der Waals surface area contributed by atoms with Crippen molar-refractivity contribution >= 4 is 15.9 Å². The molecule has 8 nitrogen and oxygen atoms in total. The van der Waals surface area contributed by atoms with Crippen LogP contribution in [0.2, 0.25) is 0 Å². The second-order valence-corrected chi connectivity index (χ2v) is 9.55. The van der Waals surface area contributed by atoms with Crippen molar-refractivity contribution in [1.82, 2.24) is 14.9 Å². The van der Waals surface area contributed by atoms with Crippen LogP contribution in [0.1, 0.15) is 25.7 Å². The zero-order valence-electron chi connectivity index (χ0n) is 17.4. The van der Waals surface area contributed by atoms with Gasteiger partial charge in [0.2, 0.25) is 15.9 Å². The quantitative estimate of drug-likeness (QED) is 0.475. The molecule has 31 heavy (non-hydrogen) atoms. The number of benzene rings is 1. The van der Waals surface area contributed by atoms with Crippen LogP contribution in [-0.2, 0) is 19.6 Å². The van der Waals surface area contributed by atoms with Gasteiger partial charge in [0, 0.05) is 13.1 Å². The van der Waals surface area contributed by atoms with E-state index in [1.807, 2.05) is 0 Å². The third-order valence-electron chi connectivity index (χ3n) is 5.46. The topological polar surface area (TPSA) is 108 Å². The van der Waals surface area contributed by atoms with Gasteiger partial charge in [-0.3, -0.25) is 4.79 Å². The lowest BCUT2D eigenvalue weighted by molar-refractivity contribution is -0.125. The SMILES string of the molecule is O=C(C[C@H]1C=C[C@@H](NS(=O)(=O)c2ccc(F)cc2)[C@@H](CO)O1)NCCN1CCCCC1. The number of amides is 1. The van der Waals surface area contributed by atoms with Crippen molar-refractivity contribution in [1.29, 1.82) is 0 Å². The predicted molar refractivity (Wildman–Crippen MR) is 113 cm³/mol. The number of carbonyl (C=O) groups is 1. The third-order valence-corrected chi connectivity index (χ3v) is 6.94. The number of hydrogen-bond donors (Lipinski definition) is 3. The molecule has 0 aromatic heterocycles. The van der Waals surface area contributed by atoms with E-state index in [0.717, 1.165) is 43.9 Å². The number of likely N-dealkylation sites (tertiary alicyclic amines) is 1. The lowest BCUT2D eigenvalue weighted by Crippen LogP contribution is -2.49. The highest BCUT2D eigenvalue weighted by Crippen LogP contribution is 2.18. The van der Waals surface area contributed by atoms with Gasteiger partial charge in [-0.1, -0.05) is 18.6 Å². The van der Waals surface area contributed by atoms with Gasteiger partial charge in [-0.05, 0) is 50.2 Å². The molecule has 0 bridgehead atoms. The van der Waals surface area contributed by atoms with Crippen LogP contribution in [-0.4, -0.2) is 75.4 Å². The summed E-state index contributed by atoms with van der Waals surface area (Å²) in [5, 5.41) is 12.5. The number of aliphatic hydroxyl groups is 1. The largest absolute Gasteiger partial charge is 0.394 e. The minimum atomic E-state index is -3.93. The Balaban J connectivity index is 1.50. The number of nitrogens with one attached hydrogen (secondary N) is 2. The Morgan fingerprint density at radius 2 is 1.87 bits per heavy atom. The van der Waals surface area contributed by atoms with Gasteiger partial charge in [0.05, 0.1) is 30.1 Å². The Bertz CT molecular complexity index is 856. The van der Waals surface area contributed by atoms with Crippen LogP contribution in [0.5, 0.6) is 0 Å². The number of ether oxygens (including phenoxy) is 1. The van der Waals surface area contributed by atoms with Crippen molar-refractivity contribution in [3.05, 3.63) is 42.2 Å². The number of sulfonamides is 1. The molecule has 0 aliphatic carbocycles. The van der Waals surface area contributed by atoms with Crippen LogP contribution in [0, 0.1) is 5.82 Å². The molecule has 3 N–H and O–H groups in total. The standard InChI is InChI=1S/C21H30FN3O5S/c22-16-4-7-18(8-5-16)31(28,29)24-19-9-6-17(30-20(19)15-26)14-21(27)23-10-13-25-11-2-1-3-12-25/h4-9,17,19-20,24,26H,1-3,10-15H2,(H,23,27)/t17-,19-,20-/m1/s1. The number of carbonyl (C=O) groups excluding carboxylic acids is 1. The van der Waals surface area contributed by atoms with E-state index in [1.54, 1.807) is 12.2 Å². The van der Waals surface area contributed by atoms with Gasteiger partial charge in [0.25, 0.3) is 0 Å². The fourth-order valence-corrected chi connectivity index (χ4v) is 4.98. The molecule has 3 rings (SSSR count). The predicted octanol–water partition coefficient (Wildman–Crippen LogP) is 0.781. The highest BCUT2D eigenvalue weighted by molar-refractivity contribution is 7.89. The van der Waals surface area contributed by atoms with Crippen molar-refractivity contribution in [3.63, 3.8) is 0 Å². The summed E-state index contributed by atoms with van der Waals surface area (Å²) in [6.45, 7) is 3.10. The van der Waals surface area contributed by atoms with Gasteiger partial charge in [0.1, 0.15) is 11.9 Å². The highest BCUT2D eigenvalue weighted by Gasteiger charge is 2.31. The molecule has 1 aromatic carbocycles. The fraction of sp³-hybridized carbons (Fsp3) is 0.571. The van der Waals surface area contributed by atoms with Crippen molar-refractivity contribution in [2.45, 2.75) is 48.8 Å². The Hall–Kier alpha value is -1.85. The first-order valence-electron chi connectivity index (χ1n) is 10.6. The number of hydrogen-bond acceptors (Lipinski definition) is 6. The van der Waals surface area contributed by atoms with Crippen LogP contribution in [0.25, 0.3) is 0 Å². The molecule has 172 valence electrons. The number of nitrogens with zero attached hydrogens (tertiary/aromatic N) is 1. The maximum Gasteiger partial charge on any atom is 0.241 e. The first-order chi connectivity index (χ1) is 14.9. The molecule has 0 radical (unpaired) electrons. The van der Waals surface area contributed by atoms with E-state index in [2.05, 4.69) is 14.9 Å². The first-order valence-corrected chi connectivity index (χ1v) is 12.1. The van der Waals surface area contributed by atoms with Gasteiger partial charge in [-0.2, -0.15) is 0 Å². The average Bonchev–Trinajstić information content (AvgIpc) is 2.75. The zero-order valence-corrected chi connectivity index (χ0v) is 18.2. The minimum absolute atomic E-state index is 0.0877. The van der Waals surface area contributed by atoms with Gasteiger partial charge in [-0.25, -0.2) is 17.5 Å². The van der Waals surface area contributed by atoms with Crippen molar-refractivity contribution in [2.24, 2.45) is 0 Å². The van der Waals surface area contributed by atoms with E-state index < -0.39 is 40.7 Å². The molecular formula is C21H30FN3O5S. The summed E-state index contributed by atoms with van der Waals surface area (Å²) in [6.07, 6.45) is 5.55. The molecule has 1 aromatic rings. The lowest BCUT2D eigenvalue weighted by atomic mass is 10.1. The summed E-state index contributed by atoms with van der Waals surface area (Å²) < 4.78 is 46.2. The molecular weight excluding hydrogens is 425 g/mol. The fourth-order valence-electron chi connectivity index (χ4n) is 3.76. The number of rotatable bonds is 9. The van der Waals surface area contributed by atoms with Crippen molar-refractivity contribution in [3.8, 4) is 0 Å². The molecule has 0 saturated carbocycles. The minimum Gasteiger partial charge on any atom is -0.394 e. The molecule has 3 atom stereocenters. The summed E-state index contributed by atoms with van der Waals surface area (Å²) in [4.78, 5) is 14.5. The first kappa shape index (κ1) is 23.8. The van der Waals surface area contributed by atoms with Gasteiger partial charge < -0.3 is 20.1 Å². The van der Waals surface area contributed by atoms with Crippen LogP contribution in [0.4, 0.5) is 4.39 Å². The van der Waals surface area contributed by atoms with E-state index in [4.69, 9.17) is 4.74 Å². The Kier molecular flexibility index (Phi) is 8.56. The molecule has 0 spiro atoms. The van der Waals surface area contributed by atoms with Crippen molar-refractivity contribution in [2.75, 3.05) is 32.8 Å². The van der Waals surface area contributed by atoms with Crippen LogP contribution in [0.3, 0.4) is 0 Å². The highest BCUT2D eigenvalue weighted by atomic mass is 32.2. The van der Waals surface area contributed by atoms with E-state index in [0.29, 0.717) is 6.54 Å². The number of halogens is 1. The molecule has 1 amide bonds. The van der Waals surface area contributed by atoms with Gasteiger partial charge in [0.15, 0.2) is 0 Å². The molecule has 10 heteroatoms. The molecule has 2 heterocycles. The van der Waals surface area contributed by atoms with Gasteiger partial charge in [-0.15, -0.1) is 0 Å². The Morgan fingerprint density at radius 3 is 2.55 bits per heavy atom. The molecule has 1 fully saturated rings. The molecule has 1 saturated heterocycles. The third kappa shape index (κ3) is 7.08. The normalized spacial score (nSPS) is 24.8. The van der Waals surface area contributed by atoms with Crippen molar-refractivity contribution < 1.29 is 27.4 Å². The van der Waals surface area contributed by atoms with Crippen LogP contribution >= 0.6 is 0 Å². The summed E-state index contributed by atoms with van der Waals surface area (Å²) in [6, 6.07) is 3.64. The smallest absolute Gasteiger partial charge is 0.241 e. The second kappa shape index (κ2) is 11.1. The molecule has 2 aliphatic heterocycles. The lowest BCUT2D eigenvalue weighted by Gasteiger charge is -2.31. The zero-order chi connectivity index (χ0) is 22.3. The summed E-state index contributed by atoms with van der Waals surface area (Å²) >= 11 is 0. The maximum absolute atomic E-state index is 13.1. The van der Waals surface area contributed by atoms with E-state index >= 15 is 0 Å². The Morgan fingerprint density at radius 1 is 1.16 bits per heavy atom. The van der Waals surface area contributed by atoms with E-state index in [1.165, 1.54) is 19.3 Å². The van der Waals surface area contributed by atoms with E-state index in [9.17, 15) is 22.7 Å². The second-order valence-electron chi connectivity index (χ2n) is 7.84. The number of piperidine rings is 1.